The highest BCUT2D eigenvalue weighted by molar-refractivity contribution is 5.92. The van der Waals surface area contributed by atoms with Crippen LogP contribution < -0.4 is 20.7 Å². The number of ether oxygens (including phenoxy) is 2. The van der Waals surface area contributed by atoms with Gasteiger partial charge in [0.05, 0.1) is 19.4 Å². The van der Waals surface area contributed by atoms with Crippen molar-refractivity contribution in [2.75, 3.05) is 23.8 Å². The van der Waals surface area contributed by atoms with Gasteiger partial charge in [0.2, 0.25) is 17.8 Å². The average molecular weight is 562 g/mol. The fourth-order valence-corrected chi connectivity index (χ4v) is 5.34. The summed E-state index contributed by atoms with van der Waals surface area (Å²) in [7, 11) is 0. The van der Waals surface area contributed by atoms with E-state index in [1.807, 2.05) is 30.5 Å². The molecule has 11 nitrogen and oxygen atoms in total. The molecule has 1 aliphatic heterocycles. The van der Waals surface area contributed by atoms with Crippen molar-refractivity contribution < 1.29 is 19.1 Å². The summed E-state index contributed by atoms with van der Waals surface area (Å²) in [4.78, 5) is 33.9. The normalized spacial score (nSPS) is 19.6. The number of nitrogens with one attached hydrogen (secondary N) is 3. The minimum atomic E-state index is -0.165. The minimum Gasteiger partial charge on any atom is -0.460 e. The summed E-state index contributed by atoms with van der Waals surface area (Å²) in [6.45, 7) is 9.53. The molecule has 3 N–H and O–H groups in total. The molecule has 0 bridgehead atoms. The average Bonchev–Trinajstić information content (AvgIpc) is 3.41. The first-order chi connectivity index (χ1) is 19.9. The highest BCUT2D eigenvalue weighted by atomic mass is 16.5. The molecule has 3 heterocycles. The molecule has 0 spiro atoms. The van der Waals surface area contributed by atoms with Gasteiger partial charge in [-0.05, 0) is 55.4 Å². The molecule has 2 amide bonds. The number of anilines is 2. The first kappa shape index (κ1) is 28.5. The van der Waals surface area contributed by atoms with Gasteiger partial charge in [0.1, 0.15) is 6.10 Å². The molecule has 2 fully saturated rings. The molecular formula is C30H39N7O4. The zero-order valence-corrected chi connectivity index (χ0v) is 23.8. The summed E-state index contributed by atoms with van der Waals surface area (Å²) in [5.41, 5.74) is 3.47. The monoisotopic (exact) mass is 561 g/mol. The quantitative estimate of drug-likeness (QED) is 0.314. The number of fused-ring (bicyclic) bond motifs is 1. The van der Waals surface area contributed by atoms with E-state index < -0.39 is 0 Å². The van der Waals surface area contributed by atoms with Crippen LogP contribution in [0.25, 0.3) is 5.65 Å². The summed E-state index contributed by atoms with van der Waals surface area (Å²) in [6.07, 6.45) is 7.77. The smallest absolute Gasteiger partial charge is 0.322 e. The third kappa shape index (κ3) is 7.21. The Morgan fingerprint density at radius 2 is 1.93 bits per heavy atom. The van der Waals surface area contributed by atoms with Gasteiger partial charge in [-0.15, -0.1) is 0 Å². The fraction of sp³-hybridized carbons (Fsp3) is 0.500. The van der Waals surface area contributed by atoms with E-state index in [0.29, 0.717) is 31.7 Å². The lowest BCUT2D eigenvalue weighted by Gasteiger charge is -2.28. The molecule has 5 rings (SSSR count). The van der Waals surface area contributed by atoms with Gasteiger partial charge in [-0.3, -0.25) is 9.59 Å². The van der Waals surface area contributed by atoms with Gasteiger partial charge in [0.15, 0.2) is 5.65 Å². The Morgan fingerprint density at radius 3 is 2.66 bits per heavy atom. The van der Waals surface area contributed by atoms with Crippen LogP contribution in [0.1, 0.15) is 69.4 Å². The van der Waals surface area contributed by atoms with Crippen molar-refractivity contribution in [1.82, 2.24) is 24.9 Å². The maximum Gasteiger partial charge on any atom is 0.322 e. The lowest BCUT2D eigenvalue weighted by atomic mass is 9.85. The maximum absolute atomic E-state index is 13.0. The second kappa shape index (κ2) is 13.1. The standard InChI is InChI=1S/C30H39N7O4/c1-4-26(38)33-22-10-8-21(9-11-22)28(39)34-23-7-5-6-20(16-23)17-31-29-36-30(41-24-12-14-40-15-13-24)35-27-25(19(2)3)18-32-37(27)29/h4-7,16,18-19,21-22,24H,1,8-15,17H2,2-3H3,(H,33,38)(H,34,39)(H,31,35,36)/t21-,22+. The number of aromatic nitrogens is 4. The van der Waals surface area contributed by atoms with Crippen LogP contribution in [0.5, 0.6) is 6.01 Å². The van der Waals surface area contributed by atoms with Crippen LogP contribution in [0, 0.1) is 5.92 Å². The highest BCUT2D eigenvalue weighted by Gasteiger charge is 2.27. The molecule has 3 aromatic rings. The molecule has 1 aliphatic carbocycles. The number of benzene rings is 1. The predicted molar refractivity (Wildman–Crippen MR) is 156 cm³/mol. The first-order valence-electron chi connectivity index (χ1n) is 14.5. The van der Waals surface area contributed by atoms with Crippen LogP contribution >= 0.6 is 0 Å². The molecule has 1 aromatic carbocycles. The molecule has 0 atom stereocenters. The van der Waals surface area contributed by atoms with Crippen LogP contribution in [0.15, 0.2) is 43.1 Å². The predicted octanol–water partition coefficient (Wildman–Crippen LogP) is 4.22. The van der Waals surface area contributed by atoms with Crippen LogP contribution in [0.4, 0.5) is 11.6 Å². The van der Waals surface area contributed by atoms with Crippen molar-refractivity contribution >= 4 is 29.1 Å². The van der Waals surface area contributed by atoms with Crippen molar-refractivity contribution in [3.8, 4) is 6.01 Å². The Labute approximate surface area is 240 Å². The molecule has 2 aromatic heterocycles. The number of hydrogen-bond acceptors (Lipinski definition) is 8. The molecule has 0 radical (unpaired) electrons. The minimum absolute atomic E-state index is 0.00812. The number of hydrogen-bond donors (Lipinski definition) is 3. The van der Waals surface area contributed by atoms with Crippen molar-refractivity contribution in [1.29, 1.82) is 0 Å². The highest BCUT2D eigenvalue weighted by Crippen LogP contribution is 2.27. The summed E-state index contributed by atoms with van der Waals surface area (Å²) in [5.74, 6) is 0.550. The van der Waals surface area contributed by atoms with E-state index in [4.69, 9.17) is 14.5 Å². The Hall–Kier alpha value is -3.99. The summed E-state index contributed by atoms with van der Waals surface area (Å²) in [6, 6.07) is 8.20. The Bertz CT molecular complexity index is 1370. The number of carbonyl (C=O) groups excluding carboxylic acids is 2. The molecule has 1 saturated heterocycles. The SMILES string of the molecule is C=CC(=O)N[C@H]1CC[C@@H](C(=O)Nc2cccc(CNc3nc(OC4CCOCC4)nc4c(C(C)C)cnn34)c2)CC1. The first-order valence-corrected chi connectivity index (χ1v) is 14.5. The molecule has 41 heavy (non-hydrogen) atoms. The lowest BCUT2D eigenvalue weighted by Crippen LogP contribution is -2.38. The zero-order chi connectivity index (χ0) is 28.8. The third-order valence-corrected chi connectivity index (χ3v) is 7.71. The summed E-state index contributed by atoms with van der Waals surface area (Å²) < 4.78 is 13.3. The van der Waals surface area contributed by atoms with E-state index in [9.17, 15) is 9.59 Å². The van der Waals surface area contributed by atoms with Gasteiger partial charge in [0, 0.05) is 42.6 Å². The Balaban J connectivity index is 1.24. The van der Waals surface area contributed by atoms with Crippen molar-refractivity contribution in [2.24, 2.45) is 5.92 Å². The number of carbonyl (C=O) groups is 2. The maximum atomic E-state index is 13.0. The van der Waals surface area contributed by atoms with Crippen LogP contribution in [0.2, 0.25) is 0 Å². The van der Waals surface area contributed by atoms with E-state index in [0.717, 1.165) is 61.0 Å². The zero-order valence-electron chi connectivity index (χ0n) is 23.8. The van der Waals surface area contributed by atoms with Gasteiger partial charge in [0.25, 0.3) is 0 Å². The summed E-state index contributed by atoms with van der Waals surface area (Å²) in [5, 5.41) is 13.9. The van der Waals surface area contributed by atoms with Gasteiger partial charge in [-0.1, -0.05) is 32.6 Å². The molecule has 2 aliphatic rings. The summed E-state index contributed by atoms with van der Waals surface area (Å²) >= 11 is 0. The van der Waals surface area contributed by atoms with E-state index in [2.05, 4.69) is 46.5 Å². The number of rotatable bonds is 10. The van der Waals surface area contributed by atoms with Gasteiger partial charge >= 0.3 is 6.01 Å². The Morgan fingerprint density at radius 1 is 1.15 bits per heavy atom. The fourth-order valence-electron chi connectivity index (χ4n) is 5.34. The van der Waals surface area contributed by atoms with Gasteiger partial charge in [-0.25, -0.2) is 0 Å². The van der Waals surface area contributed by atoms with Crippen LogP contribution in [0.3, 0.4) is 0 Å². The molecule has 11 heteroatoms. The molecule has 218 valence electrons. The second-order valence-electron chi connectivity index (χ2n) is 11.1. The third-order valence-electron chi connectivity index (χ3n) is 7.71. The lowest BCUT2D eigenvalue weighted by molar-refractivity contribution is -0.121. The van der Waals surface area contributed by atoms with E-state index in [1.54, 1.807) is 4.52 Å². The van der Waals surface area contributed by atoms with Crippen molar-refractivity contribution in [3.63, 3.8) is 0 Å². The van der Waals surface area contributed by atoms with E-state index in [-0.39, 0.29) is 35.8 Å². The van der Waals surface area contributed by atoms with Gasteiger partial charge in [-0.2, -0.15) is 19.6 Å². The van der Waals surface area contributed by atoms with Crippen molar-refractivity contribution in [3.05, 3.63) is 54.2 Å². The molecule has 1 saturated carbocycles. The Kier molecular flexibility index (Phi) is 9.13. The van der Waals surface area contributed by atoms with Crippen LogP contribution in [-0.2, 0) is 20.9 Å². The largest absolute Gasteiger partial charge is 0.460 e. The second-order valence-corrected chi connectivity index (χ2v) is 11.1. The van der Waals surface area contributed by atoms with E-state index in [1.165, 1.54) is 6.08 Å². The molecular weight excluding hydrogens is 522 g/mol. The topological polar surface area (TPSA) is 132 Å². The number of amides is 2. The van der Waals surface area contributed by atoms with E-state index >= 15 is 0 Å². The molecule has 0 unspecified atom stereocenters. The van der Waals surface area contributed by atoms with Crippen molar-refractivity contribution in [2.45, 2.75) is 77.0 Å². The van der Waals surface area contributed by atoms with Gasteiger partial charge < -0.3 is 25.4 Å². The number of nitrogens with zero attached hydrogens (tertiary/aromatic N) is 4. The van der Waals surface area contributed by atoms with Crippen LogP contribution in [-0.4, -0.2) is 56.8 Å².